The molecule has 4 rings (SSSR count). The lowest BCUT2D eigenvalue weighted by Crippen LogP contribution is -2.58. The fourth-order valence-electron chi connectivity index (χ4n) is 5.73. The van der Waals surface area contributed by atoms with Gasteiger partial charge in [-0.1, -0.05) is 67.7 Å². The molecule has 1 heterocycles. The van der Waals surface area contributed by atoms with Gasteiger partial charge in [-0.25, -0.2) is 13.1 Å². The Morgan fingerprint density at radius 1 is 1.13 bits per heavy atom. The van der Waals surface area contributed by atoms with Gasteiger partial charge in [0.05, 0.1) is 23.1 Å². The van der Waals surface area contributed by atoms with Crippen molar-refractivity contribution < 1.29 is 23.1 Å². The van der Waals surface area contributed by atoms with Crippen molar-refractivity contribution in [1.82, 2.24) is 9.62 Å². The molecule has 1 saturated carbocycles. The molecule has 7 nitrogen and oxygen atoms in total. The molecular weight excluding hydrogens is 547 g/mol. The van der Waals surface area contributed by atoms with Crippen LogP contribution in [0.1, 0.15) is 75.5 Å². The normalized spacial score (nSPS) is 25.2. The molecule has 1 aliphatic carbocycles. The Morgan fingerprint density at radius 2 is 1.82 bits per heavy atom. The van der Waals surface area contributed by atoms with Gasteiger partial charge >= 0.3 is 5.97 Å². The Hall–Kier alpha value is -2.13. The van der Waals surface area contributed by atoms with E-state index < -0.39 is 38.7 Å². The summed E-state index contributed by atoms with van der Waals surface area (Å²) in [5.41, 5.74) is 0.532. The van der Waals surface area contributed by atoms with Crippen LogP contribution in [0.25, 0.3) is 0 Å². The van der Waals surface area contributed by atoms with Gasteiger partial charge < -0.3 is 10.0 Å². The minimum absolute atomic E-state index is 0.0522. The van der Waals surface area contributed by atoms with E-state index in [1.807, 2.05) is 37.3 Å². The van der Waals surface area contributed by atoms with Gasteiger partial charge in [0, 0.05) is 28.5 Å². The Labute approximate surface area is 234 Å². The number of nitrogens with zero attached hydrogens (tertiary/aromatic N) is 1. The molecule has 206 valence electrons. The van der Waals surface area contributed by atoms with Crippen molar-refractivity contribution >= 4 is 45.1 Å². The molecule has 0 bridgehead atoms. The number of sulfonamides is 1. The summed E-state index contributed by atoms with van der Waals surface area (Å²) in [7, 11) is -3.51. The van der Waals surface area contributed by atoms with Crippen LogP contribution in [0.4, 0.5) is 0 Å². The van der Waals surface area contributed by atoms with Crippen LogP contribution in [-0.4, -0.2) is 48.1 Å². The van der Waals surface area contributed by atoms with Crippen molar-refractivity contribution in [3.8, 4) is 0 Å². The number of rotatable bonds is 10. The number of amides is 1. The number of nitrogens with one attached hydrogen (secondary N) is 1. The molecule has 10 heteroatoms. The molecule has 4 atom stereocenters. The second-order valence-electron chi connectivity index (χ2n) is 10.7. The highest BCUT2D eigenvalue weighted by molar-refractivity contribution is 7.90. The maximum atomic E-state index is 14.2. The number of halogens is 2. The molecule has 0 radical (unpaired) electrons. The standard InChI is InChI=1S/C28H34Cl2N2O5S/c1-3-22(17-31-38(36,37)23-8-5-9-23)32-26(18-10-12-20(29)13-11-18)24(19-6-4-7-21(30)14-19)15-28(2,27(32)35)16-25(33)34/h4,6-7,10-14,22-24,26,31H,3,5,8-9,15-17H2,1-2H3,(H,33,34). The summed E-state index contributed by atoms with van der Waals surface area (Å²) in [6.45, 7) is 3.65. The Bertz CT molecular complexity index is 1280. The van der Waals surface area contributed by atoms with E-state index in [2.05, 4.69) is 4.72 Å². The van der Waals surface area contributed by atoms with Gasteiger partial charge in [-0.3, -0.25) is 9.59 Å². The topological polar surface area (TPSA) is 104 Å². The van der Waals surface area contributed by atoms with E-state index in [9.17, 15) is 23.1 Å². The molecular formula is C28H34Cl2N2O5S. The minimum atomic E-state index is -3.51. The van der Waals surface area contributed by atoms with Crippen molar-refractivity contribution in [2.75, 3.05) is 6.54 Å². The molecule has 1 saturated heterocycles. The molecule has 1 amide bonds. The number of carboxylic acid groups (broad SMARTS) is 1. The molecule has 2 aliphatic rings. The zero-order chi connectivity index (χ0) is 27.7. The lowest BCUT2D eigenvalue weighted by molar-refractivity contribution is -0.160. The third-order valence-corrected chi connectivity index (χ3v) is 10.4. The molecule has 2 aromatic carbocycles. The largest absolute Gasteiger partial charge is 0.481 e. The average molecular weight is 582 g/mol. The van der Waals surface area contributed by atoms with Gasteiger partial charge in [-0.05, 0) is 61.1 Å². The number of piperidine rings is 1. The Balaban J connectivity index is 1.82. The Kier molecular flexibility index (Phi) is 8.77. The van der Waals surface area contributed by atoms with Crippen LogP contribution in [0.3, 0.4) is 0 Å². The zero-order valence-corrected chi connectivity index (χ0v) is 23.9. The van der Waals surface area contributed by atoms with Crippen molar-refractivity contribution in [2.45, 2.75) is 75.6 Å². The number of carboxylic acids is 1. The van der Waals surface area contributed by atoms with Crippen molar-refractivity contribution in [3.05, 3.63) is 69.7 Å². The number of carbonyl (C=O) groups excluding carboxylic acids is 1. The molecule has 2 aromatic rings. The van der Waals surface area contributed by atoms with Gasteiger partial charge in [-0.2, -0.15) is 0 Å². The van der Waals surface area contributed by atoms with E-state index in [0.29, 0.717) is 35.7 Å². The quantitative estimate of drug-likeness (QED) is 0.370. The number of hydrogen-bond acceptors (Lipinski definition) is 4. The second-order valence-corrected chi connectivity index (χ2v) is 13.6. The van der Waals surface area contributed by atoms with Crippen LogP contribution >= 0.6 is 23.2 Å². The summed E-state index contributed by atoms with van der Waals surface area (Å²) in [4.78, 5) is 27.9. The SMILES string of the molecule is CCC(CNS(=O)(=O)C1CCC1)N1C(=O)C(C)(CC(=O)O)CC(c2cccc(Cl)c2)C1c1ccc(Cl)cc1. The molecule has 4 unspecified atom stereocenters. The molecule has 0 aromatic heterocycles. The predicted octanol–water partition coefficient (Wildman–Crippen LogP) is 5.78. The van der Waals surface area contributed by atoms with Crippen LogP contribution in [0.5, 0.6) is 0 Å². The number of likely N-dealkylation sites (tertiary alicyclic amines) is 1. The first-order valence-corrected chi connectivity index (χ1v) is 15.3. The van der Waals surface area contributed by atoms with Crippen molar-refractivity contribution in [3.63, 3.8) is 0 Å². The van der Waals surface area contributed by atoms with Crippen molar-refractivity contribution in [1.29, 1.82) is 0 Å². The summed E-state index contributed by atoms with van der Waals surface area (Å²) >= 11 is 12.6. The van der Waals surface area contributed by atoms with E-state index in [4.69, 9.17) is 23.2 Å². The smallest absolute Gasteiger partial charge is 0.304 e. The van der Waals surface area contributed by atoms with Crippen molar-refractivity contribution in [2.24, 2.45) is 5.41 Å². The van der Waals surface area contributed by atoms with E-state index in [1.165, 1.54) is 0 Å². The van der Waals surface area contributed by atoms with Crippen LogP contribution in [-0.2, 0) is 19.6 Å². The summed E-state index contributed by atoms with van der Waals surface area (Å²) < 4.78 is 28.5. The van der Waals surface area contributed by atoms with E-state index >= 15 is 0 Å². The zero-order valence-electron chi connectivity index (χ0n) is 21.6. The number of carbonyl (C=O) groups is 2. The second kappa shape index (κ2) is 11.5. The first kappa shape index (κ1) is 28.9. The summed E-state index contributed by atoms with van der Waals surface area (Å²) in [6.07, 6.45) is 2.60. The molecule has 2 fully saturated rings. The minimum Gasteiger partial charge on any atom is -0.481 e. The average Bonchev–Trinajstić information content (AvgIpc) is 2.80. The predicted molar refractivity (Wildman–Crippen MR) is 149 cm³/mol. The van der Waals surface area contributed by atoms with Gasteiger partial charge in [-0.15, -0.1) is 0 Å². The van der Waals surface area contributed by atoms with E-state index in [1.54, 1.807) is 30.0 Å². The number of aliphatic carboxylic acids is 1. The van der Waals surface area contributed by atoms with Crippen LogP contribution in [0.15, 0.2) is 48.5 Å². The maximum absolute atomic E-state index is 14.2. The van der Waals surface area contributed by atoms with Gasteiger partial charge in [0.1, 0.15) is 0 Å². The maximum Gasteiger partial charge on any atom is 0.304 e. The number of benzene rings is 2. The summed E-state index contributed by atoms with van der Waals surface area (Å²) in [5.74, 6) is -1.64. The monoisotopic (exact) mass is 580 g/mol. The number of hydrogen-bond donors (Lipinski definition) is 2. The summed E-state index contributed by atoms with van der Waals surface area (Å²) in [5, 5.41) is 10.4. The fraction of sp³-hybridized carbons (Fsp3) is 0.500. The molecule has 38 heavy (non-hydrogen) atoms. The third-order valence-electron chi connectivity index (χ3n) is 8.01. The summed E-state index contributed by atoms with van der Waals surface area (Å²) in [6, 6.07) is 13.7. The lowest BCUT2D eigenvalue weighted by atomic mass is 9.67. The Morgan fingerprint density at radius 3 is 2.37 bits per heavy atom. The first-order valence-electron chi connectivity index (χ1n) is 13.0. The van der Waals surface area contributed by atoms with Crippen LogP contribution in [0.2, 0.25) is 10.0 Å². The van der Waals surface area contributed by atoms with Crippen LogP contribution < -0.4 is 4.72 Å². The highest BCUT2D eigenvalue weighted by Gasteiger charge is 2.52. The van der Waals surface area contributed by atoms with E-state index in [-0.39, 0.29) is 24.8 Å². The molecule has 0 spiro atoms. The van der Waals surface area contributed by atoms with Gasteiger partial charge in [0.25, 0.3) is 0 Å². The highest BCUT2D eigenvalue weighted by atomic mass is 35.5. The van der Waals surface area contributed by atoms with Gasteiger partial charge in [0.15, 0.2) is 0 Å². The third kappa shape index (κ3) is 6.03. The lowest BCUT2D eigenvalue weighted by Gasteiger charge is -2.52. The first-order chi connectivity index (χ1) is 17.9. The van der Waals surface area contributed by atoms with E-state index in [0.717, 1.165) is 17.5 Å². The highest BCUT2D eigenvalue weighted by Crippen LogP contribution is 2.52. The molecule has 1 aliphatic heterocycles. The fourth-order valence-corrected chi connectivity index (χ4v) is 7.67. The van der Waals surface area contributed by atoms with Crippen LogP contribution in [0, 0.1) is 5.41 Å². The van der Waals surface area contributed by atoms with Gasteiger partial charge in [0.2, 0.25) is 15.9 Å². The molecule has 2 N–H and O–H groups in total.